The number of amides is 1. The van der Waals surface area contributed by atoms with Crippen LogP contribution in [0, 0.1) is 0 Å². The lowest BCUT2D eigenvalue weighted by molar-refractivity contribution is -0.892. The number of piperazine rings is 1. The van der Waals surface area contributed by atoms with E-state index in [1.165, 1.54) is 10.6 Å². The van der Waals surface area contributed by atoms with Gasteiger partial charge < -0.3 is 15.1 Å². The Morgan fingerprint density at radius 2 is 1.62 bits per heavy atom. The van der Waals surface area contributed by atoms with Crippen LogP contribution in [0.1, 0.15) is 0 Å². The van der Waals surface area contributed by atoms with Crippen molar-refractivity contribution in [3.05, 3.63) is 58.6 Å². The highest BCUT2D eigenvalue weighted by Crippen LogP contribution is 2.29. The molecule has 0 unspecified atom stereocenters. The monoisotopic (exact) mass is 364 g/mol. The van der Waals surface area contributed by atoms with Crippen LogP contribution in [-0.2, 0) is 4.79 Å². The Morgan fingerprint density at radius 3 is 2.25 bits per heavy atom. The largest absolute Gasteiger partial charge is 0.360 e. The second kappa shape index (κ2) is 7.88. The first-order chi connectivity index (χ1) is 11.6. The summed E-state index contributed by atoms with van der Waals surface area (Å²) in [5, 5.41) is 3.75. The van der Waals surface area contributed by atoms with Crippen molar-refractivity contribution in [2.45, 2.75) is 0 Å². The SMILES string of the molecule is O=C(C[NH+]1CCN(c2ccccc2)CC1)Nc1c(Cl)cccc1Cl. The van der Waals surface area contributed by atoms with Gasteiger partial charge in [-0.2, -0.15) is 0 Å². The van der Waals surface area contributed by atoms with Gasteiger partial charge in [-0.1, -0.05) is 47.5 Å². The van der Waals surface area contributed by atoms with E-state index in [-0.39, 0.29) is 5.91 Å². The number of anilines is 2. The summed E-state index contributed by atoms with van der Waals surface area (Å²) in [7, 11) is 0. The third kappa shape index (κ3) is 4.20. The lowest BCUT2D eigenvalue weighted by Crippen LogP contribution is -3.15. The smallest absolute Gasteiger partial charge is 0.279 e. The van der Waals surface area contributed by atoms with E-state index in [1.54, 1.807) is 18.2 Å². The van der Waals surface area contributed by atoms with E-state index in [4.69, 9.17) is 23.2 Å². The minimum absolute atomic E-state index is 0.0619. The van der Waals surface area contributed by atoms with Crippen molar-refractivity contribution in [1.82, 2.24) is 0 Å². The van der Waals surface area contributed by atoms with Gasteiger partial charge in [0.25, 0.3) is 5.91 Å². The maximum Gasteiger partial charge on any atom is 0.279 e. The molecule has 1 aliphatic rings. The van der Waals surface area contributed by atoms with Crippen LogP contribution in [0.3, 0.4) is 0 Å². The molecule has 0 spiro atoms. The quantitative estimate of drug-likeness (QED) is 0.873. The second-order valence-corrected chi connectivity index (χ2v) is 6.71. The Hall–Kier alpha value is -1.75. The van der Waals surface area contributed by atoms with Crippen LogP contribution in [0.2, 0.25) is 10.0 Å². The third-order valence-corrected chi connectivity index (χ3v) is 4.86. The number of carbonyl (C=O) groups excluding carboxylic acids is 1. The van der Waals surface area contributed by atoms with Gasteiger partial charge in [-0.15, -0.1) is 0 Å². The van der Waals surface area contributed by atoms with E-state index in [1.807, 2.05) is 6.07 Å². The van der Waals surface area contributed by atoms with Crippen LogP contribution in [0.5, 0.6) is 0 Å². The number of nitrogens with one attached hydrogen (secondary N) is 2. The first kappa shape index (κ1) is 17.1. The summed E-state index contributed by atoms with van der Waals surface area (Å²) in [5.74, 6) is -0.0619. The van der Waals surface area contributed by atoms with Gasteiger partial charge in [0, 0.05) is 5.69 Å². The molecule has 6 heteroatoms. The summed E-state index contributed by atoms with van der Waals surface area (Å²) in [4.78, 5) is 15.9. The molecule has 1 saturated heterocycles. The number of quaternary nitrogens is 1. The first-order valence-electron chi connectivity index (χ1n) is 8.01. The second-order valence-electron chi connectivity index (χ2n) is 5.89. The van der Waals surface area contributed by atoms with Crippen molar-refractivity contribution in [2.75, 3.05) is 42.9 Å². The van der Waals surface area contributed by atoms with E-state index in [9.17, 15) is 4.79 Å². The number of rotatable bonds is 4. The molecule has 3 rings (SSSR count). The van der Waals surface area contributed by atoms with Crippen molar-refractivity contribution < 1.29 is 9.69 Å². The molecule has 4 nitrogen and oxygen atoms in total. The van der Waals surface area contributed by atoms with Gasteiger partial charge in [0.2, 0.25) is 0 Å². The fourth-order valence-corrected chi connectivity index (χ4v) is 3.42. The van der Waals surface area contributed by atoms with Gasteiger partial charge >= 0.3 is 0 Å². The van der Waals surface area contributed by atoms with Crippen molar-refractivity contribution in [2.24, 2.45) is 0 Å². The molecule has 126 valence electrons. The van der Waals surface area contributed by atoms with Crippen LogP contribution in [0.25, 0.3) is 0 Å². The number of hydrogen-bond donors (Lipinski definition) is 2. The van der Waals surface area contributed by atoms with Crippen molar-refractivity contribution in [3.63, 3.8) is 0 Å². The Morgan fingerprint density at radius 1 is 1.00 bits per heavy atom. The minimum atomic E-state index is -0.0619. The summed E-state index contributed by atoms with van der Waals surface area (Å²) >= 11 is 12.2. The zero-order chi connectivity index (χ0) is 16.9. The Kier molecular flexibility index (Phi) is 5.61. The van der Waals surface area contributed by atoms with Gasteiger partial charge in [0.1, 0.15) is 0 Å². The Balaban J connectivity index is 1.52. The molecule has 2 aromatic rings. The van der Waals surface area contributed by atoms with Crippen LogP contribution < -0.4 is 15.1 Å². The molecular formula is C18H20Cl2N3O+. The molecule has 1 aliphatic heterocycles. The molecule has 1 amide bonds. The molecule has 0 aliphatic carbocycles. The summed E-state index contributed by atoms with van der Waals surface area (Å²) in [6.45, 7) is 4.17. The number of hydrogen-bond acceptors (Lipinski definition) is 2. The van der Waals surface area contributed by atoms with Crippen molar-refractivity contribution >= 4 is 40.5 Å². The Bertz CT molecular complexity index is 680. The van der Waals surface area contributed by atoms with Gasteiger partial charge in [0.15, 0.2) is 6.54 Å². The van der Waals surface area contributed by atoms with E-state index in [2.05, 4.69) is 34.5 Å². The van der Waals surface area contributed by atoms with Gasteiger partial charge in [-0.3, -0.25) is 4.79 Å². The van der Waals surface area contributed by atoms with E-state index in [0.717, 1.165) is 26.2 Å². The molecule has 1 heterocycles. The summed E-state index contributed by atoms with van der Waals surface area (Å²) < 4.78 is 0. The van der Waals surface area contributed by atoms with Crippen LogP contribution in [0.15, 0.2) is 48.5 Å². The molecule has 0 atom stereocenters. The molecule has 1 fully saturated rings. The maximum absolute atomic E-state index is 12.3. The highest BCUT2D eigenvalue weighted by Gasteiger charge is 2.22. The third-order valence-electron chi connectivity index (χ3n) is 4.23. The van der Waals surface area contributed by atoms with E-state index >= 15 is 0 Å². The molecule has 0 radical (unpaired) electrons. The number of benzene rings is 2. The molecule has 0 aromatic heterocycles. The zero-order valence-electron chi connectivity index (χ0n) is 13.3. The number of para-hydroxylation sites is 2. The fraction of sp³-hybridized carbons (Fsp3) is 0.278. The van der Waals surface area contributed by atoms with Crippen LogP contribution >= 0.6 is 23.2 Å². The molecule has 2 aromatic carbocycles. The van der Waals surface area contributed by atoms with Gasteiger partial charge in [-0.25, -0.2) is 0 Å². The van der Waals surface area contributed by atoms with Crippen molar-refractivity contribution in [3.8, 4) is 0 Å². The van der Waals surface area contributed by atoms with E-state index in [0.29, 0.717) is 22.3 Å². The highest BCUT2D eigenvalue weighted by molar-refractivity contribution is 6.39. The topological polar surface area (TPSA) is 36.8 Å². The average Bonchev–Trinajstić information content (AvgIpc) is 2.60. The minimum Gasteiger partial charge on any atom is -0.360 e. The predicted octanol–water partition coefficient (Wildman–Crippen LogP) is 2.34. The molecule has 2 N–H and O–H groups in total. The predicted molar refractivity (Wildman–Crippen MR) is 99.3 cm³/mol. The lowest BCUT2D eigenvalue weighted by Gasteiger charge is -2.33. The molecular weight excluding hydrogens is 345 g/mol. The zero-order valence-corrected chi connectivity index (χ0v) is 14.8. The average molecular weight is 365 g/mol. The number of nitrogens with zero attached hydrogens (tertiary/aromatic N) is 1. The molecule has 24 heavy (non-hydrogen) atoms. The normalized spacial score (nSPS) is 15.3. The van der Waals surface area contributed by atoms with Gasteiger partial charge in [0.05, 0.1) is 41.9 Å². The van der Waals surface area contributed by atoms with Crippen molar-refractivity contribution in [1.29, 1.82) is 0 Å². The number of carbonyl (C=O) groups is 1. The highest BCUT2D eigenvalue weighted by atomic mass is 35.5. The van der Waals surface area contributed by atoms with Crippen LogP contribution in [-0.4, -0.2) is 38.6 Å². The molecule has 0 bridgehead atoms. The van der Waals surface area contributed by atoms with Gasteiger partial charge in [-0.05, 0) is 24.3 Å². The summed E-state index contributed by atoms with van der Waals surface area (Å²) in [6.07, 6.45) is 0. The summed E-state index contributed by atoms with van der Waals surface area (Å²) in [6, 6.07) is 15.6. The summed E-state index contributed by atoms with van der Waals surface area (Å²) in [5.41, 5.74) is 1.73. The first-order valence-corrected chi connectivity index (χ1v) is 8.76. The standard InChI is InChI=1S/C18H19Cl2N3O/c19-15-7-4-8-16(20)18(15)21-17(24)13-22-9-11-23(12-10-22)14-5-2-1-3-6-14/h1-8H,9-13H2,(H,21,24)/p+1. The molecule has 0 saturated carbocycles. The maximum atomic E-state index is 12.3. The fourth-order valence-electron chi connectivity index (χ4n) is 2.92. The Labute approximate surface area is 152 Å². The lowest BCUT2D eigenvalue weighted by atomic mass is 10.2. The van der Waals surface area contributed by atoms with Crippen LogP contribution in [0.4, 0.5) is 11.4 Å². The van der Waals surface area contributed by atoms with E-state index < -0.39 is 0 Å². The number of halogens is 2.